The van der Waals surface area contributed by atoms with Crippen molar-refractivity contribution in [3.05, 3.63) is 64.5 Å². The molecule has 11 atom stereocenters. The number of carboxylic acid groups (broad SMARTS) is 1. The number of carbonyl (C=O) groups is 3. The molecule has 19 nitrogen and oxygen atoms in total. The minimum absolute atomic E-state index is 0.00963. The molecule has 3 aliphatic rings. The molecule has 6 rings (SSSR count). The van der Waals surface area contributed by atoms with Crippen LogP contribution >= 0.6 is 0 Å². The van der Waals surface area contributed by atoms with Crippen molar-refractivity contribution in [1.82, 2.24) is 4.98 Å². The van der Waals surface area contributed by atoms with Crippen LogP contribution in [-0.2, 0) is 36.6 Å². The van der Waals surface area contributed by atoms with Crippen LogP contribution in [0.1, 0.15) is 52.2 Å². The van der Waals surface area contributed by atoms with Gasteiger partial charge in [0.15, 0.2) is 29.5 Å². The molecule has 0 radical (unpaired) electrons. The van der Waals surface area contributed by atoms with E-state index in [0.29, 0.717) is 17.5 Å². The molecular formula is C34H37NO18. The molecule has 19 heteroatoms. The molecule has 0 spiro atoms. The minimum atomic E-state index is -2.20. The number of aryl methyl sites for hydroxylation is 1. The highest BCUT2D eigenvalue weighted by atomic mass is 16.7. The van der Waals surface area contributed by atoms with Gasteiger partial charge in [-0.3, -0.25) is 4.79 Å². The number of carboxylic acids is 1. The summed E-state index contributed by atoms with van der Waals surface area (Å²) in [5.74, 6) is -5.80. The standard InChI is InChI=1S/C34H37NO18/c1-2-13-5-11(10-35-13)6-14-19(9-20-21(22(14)39)17(38)8-18(49-20)12-3-4-15(36)16(37)7-12)50-33-27(44)24(41)26(43)30(52-33)32(48)53-34-28(45)23(40)25(42)29(51-34)31(46)47/h3-5,7,9-10,18,23-30,33-37,39-45H,2,6,8H2,1H3,(H,46,47)/t18?,23-,24-,25-,26-,27+,28+,29-,30-,33-,34+/m0/s1. The number of aromatic amines is 1. The van der Waals surface area contributed by atoms with E-state index in [1.807, 2.05) is 6.92 Å². The van der Waals surface area contributed by atoms with Gasteiger partial charge < -0.3 is 79.7 Å². The van der Waals surface area contributed by atoms with Crippen molar-refractivity contribution < 1.29 is 89.1 Å². The number of H-pyrrole nitrogens is 1. The summed E-state index contributed by atoms with van der Waals surface area (Å²) in [4.78, 5) is 41.2. The van der Waals surface area contributed by atoms with Gasteiger partial charge in [-0.15, -0.1) is 0 Å². The van der Waals surface area contributed by atoms with Gasteiger partial charge in [0.1, 0.15) is 65.5 Å². The van der Waals surface area contributed by atoms with E-state index in [1.54, 1.807) is 12.3 Å². The molecule has 0 bridgehead atoms. The second-order valence-electron chi connectivity index (χ2n) is 12.8. The largest absolute Gasteiger partial charge is 0.507 e. The van der Waals surface area contributed by atoms with Crippen LogP contribution in [0.15, 0.2) is 36.5 Å². The van der Waals surface area contributed by atoms with Crippen molar-refractivity contribution in [2.45, 2.75) is 93.7 Å². The number of hydrogen-bond donors (Lipinski definition) is 11. The van der Waals surface area contributed by atoms with Gasteiger partial charge in [-0.1, -0.05) is 13.0 Å². The lowest BCUT2D eigenvalue weighted by Crippen LogP contribution is -2.63. The smallest absolute Gasteiger partial charge is 0.340 e. The molecule has 53 heavy (non-hydrogen) atoms. The van der Waals surface area contributed by atoms with Crippen molar-refractivity contribution in [3.8, 4) is 28.7 Å². The molecule has 3 aromatic rings. The highest BCUT2D eigenvalue weighted by Gasteiger charge is 2.53. The number of aromatic hydroxyl groups is 3. The number of benzene rings is 2. The Balaban J connectivity index is 1.32. The Kier molecular flexibility index (Phi) is 10.5. The molecule has 0 saturated carbocycles. The quantitative estimate of drug-likeness (QED) is 0.0887. The predicted molar refractivity (Wildman–Crippen MR) is 171 cm³/mol. The highest BCUT2D eigenvalue weighted by Crippen LogP contribution is 2.47. The number of aliphatic hydroxyl groups is 6. The summed E-state index contributed by atoms with van der Waals surface area (Å²) in [5.41, 5.74) is 1.55. The van der Waals surface area contributed by atoms with E-state index in [1.165, 1.54) is 24.3 Å². The Labute approximate surface area is 298 Å². The Bertz CT molecular complexity index is 1880. The number of phenolic OH excluding ortho intramolecular Hbond substituents is 3. The van der Waals surface area contributed by atoms with Gasteiger partial charge in [0.05, 0.1) is 6.42 Å². The number of nitrogens with one attached hydrogen (secondary N) is 1. The molecule has 1 unspecified atom stereocenters. The summed E-state index contributed by atoms with van der Waals surface area (Å²) in [7, 11) is 0. The highest BCUT2D eigenvalue weighted by molar-refractivity contribution is 6.03. The topological polar surface area (TPSA) is 315 Å². The van der Waals surface area contributed by atoms with Gasteiger partial charge >= 0.3 is 11.9 Å². The minimum Gasteiger partial charge on any atom is -0.507 e. The van der Waals surface area contributed by atoms with E-state index < -0.39 is 102 Å². The summed E-state index contributed by atoms with van der Waals surface area (Å²) in [6, 6.07) is 6.81. The van der Waals surface area contributed by atoms with Crippen LogP contribution < -0.4 is 9.47 Å². The third kappa shape index (κ3) is 7.20. The summed E-state index contributed by atoms with van der Waals surface area (Å²) in [6.45, 7) is 1.90. The van der Waals surface area contributed by atoms with E-state index in [9.17, 15) is 65.4 Å². The first-order valence-corrected chi connectivity index (χ1v) is 16.4. The zero-order chi connectivity index (χ0) is 38.5. The number of carbonyl (C=O) groups excluding carboxylic acids is 2. The lowest BCUT2D eigenvalue weighted by Gasteiger charge is -2.41. The number of aliphatic carboxylic acids is 1. The van der Waals surface area contributed by atoms with Crippen molar-refractivity contribution in [2.75, 3.05) is 0 Å². The number of rotatable bonds is 9. The summed E-state index contributed by atoms with van der Waals surface area (Å²) in [5, 5.41) is 103. The Morgan fingerprint density at radius 1 is 0.849 bits per heavy atom. The number of ketones is 1. The number of aromatic nitrogens is 1. The molecule has 0 amide bonds. The molecule has 3 aliphatic heterocycles. The first-order chi connectivity index (χ1) is 25.1. The summed E-state index contributed by atoms with van der Waals surface area (Å²) in [6.07, 6.45) is -20.4. The van der Waals surface area contributed by atoms with Gasteiger partial charge in [-0.05, 0) is 35.7 Å². The number of ether oxygens (including phenoxy) is 5. The average molecular weight is 748 g/mol. The van der Waals surface area contributed by atoms with Crippen LogP contribution in [0.25, 0.3) is 0 Å². The third-order valence-electron chi connectivity index (χ3n) is 9.27. The van der Waals surface area contributed by atoms with Gasteiger partial charge in [0, 0.05) is 29.9 Å². The normalized spacial score (nSPS) is 31.3. The molecule has 4 heterocycles. The van der Waals surface area contributed by atoms with Crippen LogP contribution in [0.2, 0.25) is 0 Å². The second-order valence-corrected chi connectivity index (χ2v) is 12.8. The number of phenols is 3. The van der Waals surface area contributed by atoms with Gasteiger partial charge in [0.2, 0.25) is 12.6 Å². The molecular weight excluding hydrogens is 710 g/mol. The van der Waals surface area contributed by atoms with Crippen LogP contribution in [0.3, 0.4) is 0 Å². The predicted octanol–water partition coefficient (Wildman–Crippen LogP) is -1.39. The van der Waals surface area contributed by atoms with Crippen LogP contribution in [0.4, 0.5) is 0 Å². The molecule has 1 aromatic heterocycles. The molecule has 11 N–H and O–H groups in total. The fourth-order valence-corrected chi connectivity index (χ4v) is 6.29. The van der Waals surface area contributed by atoms with Crippen LogP contribution in [0, 0.1) is 0 Å². The zero-order valence-electron chi connectivity index (χ0n) is 27.7. The van der Waals surface area contributed by atoms with Gasteiger partial charge in [-0.2, -0.15) is 0 Å². The maximum Gasteiger partial charge on any atom is 0.340 e. The van der Waals surface area contributed by atoms with Crippen LogP contribution in [0.5, 0.6) is 28.7 Å². The van der Waals surface area contributed by atoms with Crippen molar-refractivity contribution in [1.29, 1.82) is 0 Å². The molecule has 286 valence electrons. The van der Waals surface area contributed by atoms with E-state index in [2.05, 4.69) is 4.98 Å². The molecule has 2 saturated heterocycles. The van der Waals surface area contributed by atoms with E-state index >= 15 is 0 Å². The monoisotopic (exact) mass is 747 g/mol. The Hall–Kier alpha value is -4.99. The SMILES string of the molecule is CCc1cc(Cc2c(O[C@H]3O[C@H](C(=O)O[C@H]4O[C@H](C(=O)O)[C@@H](O)[C@H](O)[C@H]4O)[C@@H](O)[C@H](O)[C@H]3O)cc3c(c2O)C(=O)CC(c2ccc(O)c(O)c2)O3)c[nH]1. The maximum absolute atomic E-state index is 13.5. The summed E-state index contributed by atoms with van der Waals surface area (Å²) >= 11 is 0. The lowest BCUT2D eigenvalue weighted by atomic mass is 9.92. The second kappa shape index (κ2) is 14.8. The number of aliphatic hydroxyl groups excluding tert-OH is 6. The molecule has 2 fully saturated rings. The molecule has 2 aromatic carbocycles. The van der Waals surface area contributed by atoms with Gasteiger partial charge in [-0.25, -0.2) is 9.59 Å². The van der Waals surface area contributed by atoms with E-state index in [4.69, 9.17) is 23.7 Å². The first-order valence-electron chi connectivity index (χ1n) is 16.4. The Morgan fingerprint density at radius 3 is 2.15 bits per heavy atom. The van der Waals surface area contributed by atoms with Crippen molar-refractivity contribution in [3.63, 3.8) is 0 Å². The van der Waals surface area contributed by atoms with Crippen LogP contribution in [-0.4, -0.2) is 135 Å². The lowest BCUT2D eigenvalue weighted by molar-refractivity contribution is -0.302. The maximum atomic E-state index is 13.5. The zero-order valence-corrected chi connectivity index (χ0v) is 27.7. The van der Waals surface area contributed by atoms with E-state index in [-0.39, 0.29) is 35.5 Å². The number of fused-ring (bicyclic) bond motifs is 1. The number of Topliss-reactive ketones (excluding diaryl/α,β-unsaturated/α-hetero) is 1. The fraction of sp³-hybridized carbons (Fsp3) is 0.441. The van der Waals surface area contributed by atoms with Gasteiger partial charge in [0.25, 0.3) is 0 Å². The van der Waals surface area contributed by atoms with E-state index in [0.717, 1.165) is 5.69 Å². The van der Waals surface area contributed by atoms with Crippen molar-refractivity contribution in [2.24, 2.45) is 0 Å². The summed E-state index contributed by atoms with van der Waals surface area (Å²) < 4.78 is 27.4. The van der Waals surface area contributed by atoms with Crippen molar-refractivity contribution >= 4 is 17.7 Å². The average Bonchev–Trinajstić information content (AvgIpc) is 3.58. The number of esters is 1. The third-order valence-corrected chi connectivity index (χ3v) is 9.27. The number of hydrogen-bond acceptors (Lipinski definition) is 17. The first kappa shape index (κ1) is 37.8. The molecule has 0 aliphatic carbocycles. The fourth-order valence-electron chi connectivity index (χ4n) is 6.29. The Morgan fingerprint density at radius 2 is 1.51 bits per heavy atom.